The van der Waals surface area contributed by atoms with Gasteiger partial charge in [-0.05, 0) is 31.8 Å². The monoisotopic (exact) mass is 199 g/mol. The SMILES string of the molecule is C=C(COCC1CCNCC1)C(=O)O. The highest BCUT2D eigenvalue weighted by Gasteiger charge is 2.13. The first-order valence-corrected chi connectivity index (χ1v) is 4.89. The lowest BCUT2D eigenvalue weighted by molar-refractivity contribution is -0.133. The van der Waals surface area contributed by atoms with Gasteiger partial charge in [-0.3, -0.25) is 0 Å². The van der Waals surface area contributed by atoms with Gasteiger partial charge in [-0.25, -0.2) is 4.79 Å². The van der Waals surface area contributed by atoms with E-state index >= 15 is 0 Å². The Hall–Kier alpha value is -0.870. The smallest absolute Gasteiger partial charge is 0.333 e. The molecule has 0 saturated carbocycles. The number of piperidine rings is 1. The summed E-state index contributed by atoms with van der Waals surface area (Å²) in [4.78, 5) is 10.4. The number of carbonyl (C=O) groups is 1. The Morgan fingerprint density at radius 1 is 1.50 bits per heavy atom. The highest BCUT2D eigenvalue weighted by Crippen LogP contribution is 2.11. The van der Waals surface area contributed by atoms with Gasteiger partial charge in [0.1, 0.15) is 0 Å². The van der Waals surface area contributed by atoms with Crippen LogP contribution in [0.25, 0.3) is 0 Å². The largest absolute Gasteiger partial charge is 0.478 e. The minimum Gasteiger partial charge on any atom is -0.478 e. The van der Waals surface area contributed by atoms with E-state index in [4.69, 9.17) is 9.84 Å². The number of aliphatic carboxylic acids is 1. The molecule has 0 radical (unpaired) electrons. The average molecular weight is 199 g/mol. The van der Waals surface area contributed by atoms with E-state index in [1.807, 2.05) is 0 Å². The number of carboxylic acids is 1. The van der Waals surface area contributed by atoms with Crippen molar-refractivity contribution in [3.8, 4) is 0 Å². The van der Waals surface area contributed by atoms with Crippen molar-refractivity contribution in [1.29, 1.82) is 0 Å². The molecule has 2 N–H and O–H groups in total. The Morgan fingerprint density at radius 2 is 2.14 bits per heavy atom. The Kier molecular flexibility index (Phi) is 4.62. The third-order valence-corrected chi connectivity index (χ3v) is 2.39. The molecule has 1 rings (SSSR count). The number of hydrogen-bond acceptors (Lipinski definition) is 3. The molecular weight excluding hydrogens is 182 g/mol. The van der Waals surface area contributed by atoms with Crippen LogP contribution in [0.1, 0.15) is 12.8 Å². The molecule has 0 bridgehead atoms. The Morgan fingerprint density at radius 3 is 2.71 bits per heavy atom. The van der Waals surface area contributed by atoms with Gasteiger partial charge in [0, 0.05) is 6.61 Å². The van der Waals surface area contributed by atoms with Crippen LogP contribution >= 0.6 is 0 Å². The predicted molar refractivity (Wildman–Crippen MR) is 53.2 cm³/mol. The number of rotatable bonds is 5. The van der Waals surface area contributed by atoms with Crippen LogP contribution in [-0.2, 0) is 9.53 Å². The molecular formula is C10H17NO3. The molecule has 0 amide bonds. The van der Waals surface area contributed by atoms with Gasteiger partial charge < -0.3 is 15.2 Å². The minimum atomic E-state index is -0.977. The van der Waals surface area contributed by atoms with Gasteiger partial charge in [-0.1, -0.05) is 6.58 Å². The Labute approximate surface area is 83.9 Å². The molecule has 80 valence electrons. The fourth-order valence-corrected chi connectivity index (χ4v) is 1.46. The number of ether oxygens (including phenoxy) is 1. The zero-order chi connectivity index (χ0) is 10.4. The van der Waals surface area contributed by atoms with E-state index in [1.165, 1.54) is 0 Å². The van der Waals surface area contributed by atoms with Crippen LogP contribution in [0.3, 0.4) is 0 Å². The third-order valence-electron chi connectivity index (χ3n) is 2.39. The van der Waals surface area contributed by atoms with Crippen molar-refractivity contribution in [2.75, 3.05) is 26.3 Å². The van der Waals surface area contributed by atoms with Gasteiger partial charge >= 0.3 is 5.97 Å². The van der Waals surface area contributed by atoms with Crippen molar-refractivity contribution < 1.29 is 14.6 Å². The first kappa shape index (κ1) is 11.2. The second-order valence-electron chi connectivity index (χ2n) is 3.62. The number of carboxylic acid groups (broad SMARTS) is 1. The number of hydrogen-bond donors (Lipinski definition) is 2. The Balaban J connectivity index is 2.08. The summed E-state index contributed by atoms with van der Waals surface area (Å²) in [5.74, 6) is -0.409. The molecule has 0 aromatic heterocycles. The first-order chi connectivity index (χ1) is 6.70. The average Bonchev–Trinajstić information content (AvgIpc) is 2.19. The summed E-state index contributed by atoms with van der Waals surface area (Å²) in [6.07, 6.45) is 2.22. The maximum atomic E-state index is 10.4. The van der Waals surface area contributed by atoms with Gasteiger partial charge in [0.25, 0.3) is 0 Å². The van der Waals surface area contributed by atoms with Crippen LogP contribution in [0.15, 0.2) is 12.2 Å². The molecule has 14 heavy (non-hydrogen) atoms. The summed E-state index contributed by atoms with van der Waals surface area (Å²) in [7, 11) is 0. The highest BCUT2D eigenvalue weighted by atomic mass is 16.5. The van der Waals surface area contributed by atoms with Gasteiger partial charge in [-0.15, -0.1) is 0 Å². The van der Waals surface area contributed by atoms with E-state index in [0.717, 1.165) is 25.9 Å². The molecule has 1 aliphatic rings. The van der Waals surface area contributed by atoms with E-state index < -0.39 is 5.97 Å². The van der Waals surface area contributed by atoms with Crippen molar-refractivity contribution >= 4 is 5.97 Å². The molecule has 1 fully saturated rings. The van der Waals surface area contributed by atoms with Crippen LogP contribution in [0.4, 0.5) is 0 Å². The quantitative estimate of drug-likeness (QED) is 0.638. The van der Waals surface area contributed by atoms with Crippen molar-refractivity contribution in [1.82, 2.24) is 5.32 Å². The zero-order valence-corrected chi connectivity index (χ0v) is 8.29. The molecule has 0 unspecified atom stereocenters. The summed E-state index contributed by atoms with van der Waals surface area (Å²) in [5, 5.41) is 11.8. The molecule has 1 aliphatic heterocycles. The molecule has 4 nitrogen and oxygen atoms in total. The Bertz CT molecular complexity index is 209. The van der Waals surface area contributed by atoms with Gasteiger partial charge in [0.05, 0.1) is 12.2 Å². The van der Waals surface area contributed by atoms with Gasteiger partial charge in [-0.2, -0.15) is 0 Å². The number of nitrogens with one attached hydrogen (secondary N) is 1. The summed E-state index contributed by atoms with van der Waals surface area (Å²) < 4.78 is 5.29. The third kappa shape index (κ3) is 3.89. The van der Waals surface area contributed by atoms with E-state index in [0.29, 0.717) is 12.5 Å². The topological polar surface area (TPSA) is 58.6 Å². The summed E-state index contributed by atoms with van der Waals surface area (Å²) in [6.45, 7) is 6.26. The first-order valence-electron chi connectivity index (χ1n) is 4.89. The van der Waals surface area contributed by atoms with Crippen molar-refractivity contribution in [2.24, 2.45) is 5.92 Å². The van der Waals surface area contributed by atoms with Crippen LogP contribution in [-0.4, -0.2) is 37.4 Å². The minimum absolute atomic E-state index is 0.124. The van der Waals surface area contributed by atoms with Crippen LogP contribution in [0.2, 0.25) is 0 Å². The lowest BCUT2D eigenvalue weighted by Crippen LogP contribution is -2.30. The second kappa shape index (κ2) is 5.78. The lowest BCUT2D eigenvalue weighted by Gasteiger charge is -2.22. The summed E-state index contributed by atoms with van der Waals surface area (Å²) >= 11 is 0. The van der Waals surface area contributed by atoms with Crippen molar-refractivity contribution in [2.45, 2.75) is 12.8 Å². The lowest BCUT2D eigenvalue weighted by atomic mass is 9.99. The van der Waals surface area contributed by atoms with Gasteiger partial charge in [0.2, 0.25) is 0 Å². The molecule has 0 aromatic carbocycles. The van der Waals surface area contributed by atoms with E-state index in [-0.39, 0.29) is 12.2 Å². The fraction of sp³-hybridized carbons (Fsp3) is 0.700. The normalized spacial score (nSPS) is 18.0. The summed E-state index contributed by atoms with van der Waals surface area (Å²) in [6, 6.07) is 0. The molecule has 0 aliphatic carbocycles. The summed E-state index contributed by atoms with van der Waals surface area (Å²) in [5.41, 5.74) is 0.124. The van der Waals surface area contributed by atoms with E-state index in [9.17, 15) is 4.79 Å². The molecule has 0 spiro atoms. The highest BCUT2D eigenvalue weighted by molar-refractivity contribution is 5.85. The maximum Gasteiger partial charge on any atom is 0.333 e. The zero-order valence-electron chi connectivity index (χ0n) is 8.29. The van der Waals surface area contributed by atoms with Crippen molar-refractivity contribution in [3.05, 3.63) is 12.2 Å². The van der Waals surface area contributed by atoms with E-state index in [1.54, 1.807) is 0 Å². The van der Waals surface area contributed by atoms with Gasteiger partial charge in [0.15, 0.2) is 0 Å². The second-order valence-corrected chi connectivity index (χ2v) is 3.62. The molecule has 0 atom stereocenters. The fourth-order valence-electron chi connectivity index (χ4n) is 1.46. The van der Waals surface area contributed by atoms with Crippen LogP contribution < -0.4 is 5.32 Å². The van der Waals surface area contributed by atoms with Crippen molar-refractivity contribution in [3.63, 3.8) is 0 Å². The predicted octanol–water partition coefficient (Wildman–Crippen LogP) is 0.643. The van der Waals surface area contributed by atoms with Crippen LogP contribution in [0, 0.1) is 5.92 Å². The molecule has 0 aromatic rings. The standard InChI is InChI=1S/C10H17NO3/c1-8(10(12)13)6-14-7-9-2-4-11-5-3-9/h9,11H,1-7H2,(H,12,13). The molecule has 1 saturated heterocycles. The molecule has 4 heteroatoms. The maximum absolute atomic E-state index is 10.4. The van der Waals surface area contributed by atoms with E-state index in [2.05, 4.69) is 11.9 Å². The molecule has 1 heterocycles. The van der Waals surface area contributed by atoms with Crippen LogP contribution in [0.5, 0.6) is 0 Å².